The van der Waals surface area contributed by atoms with Gasteiger partial charge in [-0.3, -0.25) is 0 Å². The molecule has 30 heavy (non-hydrogen) atoms. The Hall–Kier alpha value is -3.12. The summed E-state index contributed by atoms with van der Waals surface area (Å²) in [6.07, 6.45) is 2.34. The van der Waals surface area contributed by atoms with Gasteiger partial charge in [0, 0.05) is 29.1 Å². The fourth-order valence-corrected chi connectivity index (χ4v) is 4.06. The number of pyridine rings is 1. The van der Waals surface area contributed by atoms with E-state index in [1.54, 1.807) is 25.1 Å². The first-order valence-corrected chi connectivity index (χ1v) is 10.0. The van der Waals surface area contributed by atoms with Crippen LogP contribution in [0.5, 0.6) is 0 Å². The lowest BCUT2D eigenvalue weighted by Crippen LogP contribution is -2.16. The molecule has 5 nitrogen and oxygen atoms in total. The van der Waals surface area contributed by atoms with Gasteiger partial charge in [0.1, 0.15) is 28.7 Å². The molecule has 0 bridgehead atoms. The number of hydrogen-bond donors (Lipinski definition) is 3. The minimum Gasteiger partial charge on any atom is -0.588 e. The average Bonchev–Trinajstić information content (AvgIpc) is 2.71. The largest absolute Gasteiger partial charge is 0.588 e. The van der Waals surface area contributed by atoms with Crippen molar-refractivity contribution < 1.29 is 13.3 Å². The molecule has 2 aromatic carbocycles. The van der Waals surface area contributed by atoms with Crippen LogP contribution < -0.4 is 10.5 Å². The van der Waals surface area contributed by atoms with Crippen LogP contribution in [-0.4, -0.2) is 15.8 Å². The number of hydrogen-bond acceptors (Lipinski definition) is 5. The van der Waals surface area contributed by atoms with Gasteiger partial charge in [-0.05, 0) is 31.2 Å². The number of nitrogens with one attached hydrogen (secondary N) is 2. The number of nitrogen functional groups attached to an aromatic ring is 1. The van der Waals surface area contributed by atoms with Crippen LogP contribution in [0.15, 0.2) is 47.5 Å². The van der Waals surface area contributed by atoms with Crippen molar-refractivity contribution in [2.45, 2.75) is 11.8 Å². The molecule has 1 unspecified atom stereocenters. The molecule has 0 aliphatic rings. The van der Waals surface area contributed by atoms with E-state index in [4.69, 9.17) is 22.7 Å². The van der Waals surface area contributed by atoms with E-state index in [0.29, 0.717) is 21.6 Å². The highest BCUT2D eigenvalue weighted by Gasteiger charge is 2.22. The summed E-state index contributed by atoms with van der Waals surface area (Å²) < 4.78 is 44.3. The van der Waals surface area contributed by atoms with Crippen molar-refractivity contribution in [1.82, 2.24) is 4.98 Å². The number of aryl methyl sites for hydroxylation is 1. The van der Waals surface area contributed by atoms with Gasteiger partial charge >= 0.3 is 0 Å². The average molecular weight is 445 g/mol. The Labute approximate surface area is 180 Å². The summed E-state index contributed by atoms with van der Waals surface area (Å²) in [5.74, 6) is 3.31. The Kier molecular flexibility index (Phi) is 6.57. The molecule has 0 spiro atoms. The van der Waals surface area contributed by atoms with E-state index in [1.165, 1.54) is 12.3 Å². The first-order chi connectivity index (χ1) is 14.3. The molecule has 152 valence electrons. The van der Waals surface area contributed by atoms with Gasteiger partial charge in [0.05, 0.1) is 10.6 Å². The van der Waals surface area contributed by atoms with Crippen molar-refractivity contribution in [3.63, 3.8) is 0 Å². The summed E-state index contributed by atoms with van der Waals surface area (Å²) in [5.41, 5.74) is 6.26. The quantitative estimate of drug-likeness (QED) is 0.315. The highest BCUT2D eigenvalue weighted by molar-refractivity contribution is 7.92. The van der Waals surface area contributed by atoms with Gasteiger partial charge in [0.15, 0.2) is 5.82 Å². The molecule has 1 atom stereocenters. The smallest absolute Gasteiger partial charge is 0.201 e. The summed E-state index contributed by atoms with van der Waals surface area (Å²) in [6.45, 7) is 1.72. The molecule has 0 fully saturated rings. The summed E-state index contributed by atoms with van der Waals surface area (Å²) in [5, 5.41) is 7.55. The standard InChI is InChI=1S/C21H15ClF2N4OS/c1-12-3-2-4-16(22)20(12)30(29)28-18-8-7-17(23)15(19(18)24)6-5-13-9-14(10-25)21(26)27-11-13/h2-4,7-11,25,28H,1H3,(H2,26,27). The van der Waals surface area contributed by atoms with E-state index in [9.17, 15) is 13.3 Å². The first-order valence-electron chi connectivity index (χ1n) is 8.51. The van der Waals surface area contributed by atoms with Crippen LogP contribution in [0.1, 0.15) is 22.3 Å². The van der Waals surface area contributed by atoms with Crippen LogP contribution in [0.2, 0.25) is 5.02 Å². The summed E-state index contributed by atoms with van der Waals surface area (Å²) in [7, 11) is 0. The molecular formula is C21H15ClF2N4OS. The van der Waals surface area contributed by atoms with E-state index >= 15 is 0 Å². The highest BCUT2D eigenvalue weighted by atomic mass is 35.5. The van der Waals surface area contributed by atoms with Gasteiger partial charge in [0.25, 0.3) is 0 Å². The van der Waals surface area contributed by atoms with Crippen LogP contribution in [0.3, 0.4) is 0 Å². The molecule has 0 saturated heterocycles. The van der Waals surface area contributed by atoms with Crippen molar-refractivity contribution in [3.8, 4) is 11.8 Å². The molecule has 1 heterocycles. The van der Waals surface area contributed by atoms with Crippen LogP contribution in [0.25, 0.3) is 0 Å². The van der Waals surface area contributed by atoms with Crippen molar-refractivity contribution in [3.05, 3.63) is 81.5 Å². The van der Waals surface area contributed by atoms with Gasteiger partial charge in [-0.1, -0.05) is 35.6 Å². The SMILES string of the molecule is Cc1cccc(Cl)c1[S+]([O-])Nc1ccc(F)c(C#Cc2cnc(N)c(C=N)c2)c1F. The highest BCUT2D eigenvalue weighted by Crippen LogP contribution is 2.29. The lowest BCUT2D eigenvalue weighted by Gasteiger charge is -2.15. The number of benzene rings is 2. The Balaban J connectivity index is 1.94. The fraction of sp³-hybridized carbons (Fsp3) is 0.0476. The minimum atomic E-state index is -1.87. The molecule has 0 aliphatic carbocycles. The van der Waals surface area contributed by atoms with Gasteiger partial charge in [-0.15, -0.1) is 0 Å². The third kappa shape index (κ3) is 4.54. The molecule has 3 aromatic rings. The topological polar surface area (TPSA) is 97.8 Å². The monoisotopic (exact) mass is 444 g/mol. The Morgan fingerprint density at radius 2 is 2.03 bits per heavy atom. The Morgan fingerprint density at radius 1 is 1.27 bits per heavy atom. The lowest BCUT2D eigenvalue weighted by molar-refractivity contribution is 0.578. The molecule has 0 aliphatic heterocycles. The maximum atomic E-state index is 14.9. The lowest BCUT2D eigenvalue weighted by atomic mass is 10.1. The third-order valence-electron chi connectivity index (χ3n) is 4.08. The zero-order valence-corrected chi connectivity index (χ0v) is 17.2. The second-order valence-corrected chi connectivity index (χ2v) is 7.69. The van der Waals surface area contributed by atoms with Crippen LogP contribution in [0, 0.1) is 35.8 Å². The zero-order valence-electron chi connectivity index (χ0n) is 15.6. The second-order valence-electron chi connectivity index (χ2n) is 6.13. The number of halogens is 3. The van der Waals surface area contributed by atoms with Crippen molar-refractivity contribution >= 4 is 40.7 Å². The van der Waals surface area contributed by atoms with Crippen LogP contribution in [-0.2, 0) is 11.4 Å². The molecule has 4 N–H and O–H groups in total. The van der Waals surface area contributed by atoms with E-state index in [1.807, 2.05) is 0 Å². The molecule has 9 heteroatoms. The van der Waals surface area contributed by atoms with E-state index in [-0.39, 0.29) is 16.5 Å². The maximum absolute atomic E-state index is 14.9. The molecule has 0 radical (unpaired) electrons. The van der Waals surface area contributed by atoms with Crippen molar-refractivity contribution in [2.24, 2.45) is 0 Å². The maximum Gasteiger partial charge on any atom is 0.201 e. The molecule has 1 aromatic heterocycles. The Bertz CT molecular complexity index is 1170. The fourth-order valence-electron chi connectivity index (χ4n) is 2.56. The third-order valence-corrected chi connectivity index (χ3v) is 5.82. The van der Waals surface area contributed by atoms with Gasteiger partial charge in [-0.2, -0.15) is 0 Å². The number of aromatic nitrogens is 1. The van der Waals surface area contributed by atoms with Crippen molar-refractivity contribution in [1.29, 1.82) is 5.41 Å². The molecule has 0 amide bonds. The van der Waals surface area contributed by atoms with Gasteiger partial charge in [-0.25, -0.2) is 18.5 Å². The summed E-state index contributed by atoms with van der Waals surface area (Å²) in [6, 6.07) is 8.65. The van der Waals surface area contributed by atoms with E-state index in [0.717, 1.165) is 18.3 Å². The van der Waals surface area contributed by atoms with Gasteiger partial charge in [0.2, 0.25) is 4.90 Å². The second kappa shape index (κ2) is 9.13. The van der Waals surface area contributed by atoms with Crippen LogP contribution >= 0.6 is 11.6 Å². The number of nitrogens with two attached hydrogens (primary N) is 1. The first kappa shape index (κ1) is 21.6. The normalized spacial score (nSPS) is 11.4. The predicted molar refractivity (Wildman–Crippen MR) is 115 cm³/mol. The molecule has 3 rings (SSSR count). The molecule has 0 saturated carbocycles. The number of rotatable bonds is 4. The predicted octanol–water partition coefficient (Wildman–Crippen LogP) is 4.44. The number of anilines is 2. The Morgan fingerprint density at radius 3 is 2.73 bits per heavy atom. The van der Waals surface area contributed by atoms with E-state index < -0.39 is 28.6 Å². The van der Waals surface area contributed by atoms with Crippen molar-refractivity contribution in [2.75, 3.05) is 10.5 Å². The van der Waals surface area contributed by atoms with E-state index in [2.05, 4.69) is 21.5 Å². The van der Waals surface area contributed by atoms with Gasteiger partial charge < -0.3 is 15.7 Å². The molecular weight excluding hydrogens is 430 g/mol. The minimum absolute atomic E-state index is 0.149. The summed E-state index contributed by atoms with van der Waals surface area (Å²) in [4.78, 5) is 4.19. The summed E-state index contributed by atoms with van der Waals surface area (Å²) >= 11 is 4.23. The zero-order chi connectivity index (χ0) is 21.8. The van der Waals surface area contributed by atoms with Crippen LogP contribution in [0.4, 0.5) is 20.3 Å². The number of nitrogens with zero attached hydrogens (tertiary/aromatic N) is 1.